The van der Waals surface area contributed by atoms with E-state index in [1.807, 2.05) is 27.7 Å². The van der Waals surface area contributed by atoms with E-state index in [4.69, 9.17) is 14.2 Å². The number of hydrogen-bond donors (Lipinski definition) is 0. The zero-order valence-corrected chi connectivity index (χ0v) is 19.3. The molecule has 1 saturated carbocycles. The zero-order valence-electron chi connectivity index (χ0n) is 19.3. The van der Waals surface area contributed by atoms with Crippen molar-refractivity contribution in [3.8, 4) is 5.75 Å². The second-order valence-corrected chi connectivity index (χ2v) is 9.25. The fourth-order valence-corrected chi connectivity index (χ4v) is 4.62. The molecule has 1 heterocycles. The lowest BCUT2D eigenvalue weighted by Gasteiger charge is -2.31. The summed E-state index contributed by atoms with van der Waals surface area (Å²) in [5, 5.41) is 0. The largest absolute Gasteiger partial charge is 0.497 e. The van der Waals surface area contributed by atoms with Crippen molar-refractivity contribution in [2.45, 2.75) is 46.4 Å². The van der Waals surface area contributed by atoms with Gasteiger partial charge in [0.2, 0.25) is 11.8 Å². The van der Waals surface area contributed by atoms with Gasteiger partial charge in [0.15, 0.2) is 6.29 Å². The van der Waals surface area contributed by atoms with E-state index in [9.17, 15) is 14.4 Å². The lowest BCUT2D eigenvalue weighted by molar-refractivity contribution is -0.154. The van der Waals surface area contributed by atoms with Crippen LogP contribution in [0.15, 0.2) is 24.3 Å². The Balaban J connectivity index is 1.90. The number of amides is 3. The quantitative estimate of drug-likeness (QED) is 0.463. The number of carbonyl (C=O) groups excluding carboxylic acids is 3. The normalized spacial score (nSPS) is 22.2. The highest BCUT2D eigenvalue weighted by atomic mass is 16.7. The lowest BCUT2D eigenvalue weighted by atomic mass is 10.0. The first-order valence-corrected chi connectivity index (χ1v) is 10.4. The van der Waals surface area contributed by atoms with Crippen LogP contribution >= 0.6 is 0 Å². The van der Waals surface area contributed by atoms with E-state index in [0.717, 1.165) is 4.90 Å². The standard InChI is InChI=1S/C23H32N2O6/c1-22(2)19(23(22,3)4)21(28)24(13-18(30-6)31-7)16-12-17(26)25(20(16)27)14-8-10-15(29-5)11-9-14/h8-11,16,18-19H,12-13H2,1-7H3. The van der Waals surface area contributed by atoms with Crippen molar-refractivity contribution < 1.29 is 28.6 Å². The van der Waals surface area contributed by atoms with Gasteiger partial charge in [0.25, 0.3) is 5.91 Å². The van der Waals surface area contributed by atoms with Crippen LogP contribution in [0.2, 0.25) is 0 Å². The van der Waals surface area contributed by atoms with Crippen molar-refractivity contribution in [2.75, 3.05) is 32.8 Å². The van der Waals surface area contributed by atoms with Crippen LogP contribution < -0.4 is 9.64 Å². The van der Waals surface area contributed by atoms with Crippen molar-refractivity contribution in [2.24, 2.45) is 16.7 Å². The van der Waals surface area contributed by atoms with Crippen LogP contribution in [-0.4, -0.2) is 62.8 Å². The summed E-state index contributed by atoms with van der Waals surface area (Å²) < 4.78 is 15.8. The molecule has 0 aromatic heterocycles. The lowest BCUT2D eigenvalue weighted by Crippen LogP contribution is -2.50. The van der Waals surface area contributed by atoms with E-state index < -0.39 is 18.2 Å². The molecule has 1 atom stereocenters. The molecular weight excluding hydrogens is 400 g/mol. The van der Waals surface area contributed by atoms with Gasteiger partial charge in [-0.1, -0.05) is 27.7 Å². The fourth-order valence-electron chi connectivity index (χ4n) is 4.62. The molecule has 1 saturated heterocycles. The van der Waals surface area contributed by atoms with Crippen molar-refractivity contribution in [1.82, 2.24) is 4.90 Å². The molecule has 0 spiro atoms. The Bertz CT molecular complexity index is 845. The van der Waals surface area contributed by atoms with Gasteiger partial charge in [0, 0.05) is 20.1 Å². The molecule has 0 radical (unpaired) electrons. The molecule has 2 aliphatic rings. The van der Waals surface area contributed by atoms with E-state index in [1.165, 1.54) is 19.1 Å². The van der Waals surface area contributed by atoms with Gasteiger partial charge in [-0.15, -0.1) is 0 Å². The number of methoxy groups -OCH3 is 3. The molecule has 1 unspecified atom stereocenters. The highest BCUT2D eigenvalue weighted by Gasteiger charge is 2.69. The van der Waals surface area contributed by atoms with E-state index >= 15 is 0 Å². The Morgan fingerprint density at radius 1 is 1.06 bits per heavy atom. The molecular formula is C23H32N2O6. The number of carbonyl (C=O) groups is 3. The number of imide groups is 1. The topological polar surface area (TPSA) is 85.4 Å². The number of benzene rings is 1. The van der Waals surface area contributed by atoms with Gasteiger partial charge in [-0.2, -0.15) is 0 Å². The van der Waals surface area contributed by atoms with Gasteiger partial charge in [0.1, 0.15) is 11.8 Å². The Kier molecular flexibility index (Phi) is 6.17. The van der Waals surface area contributed by atoms with Crippen LogP contribution in [0.5, 0.6) is 5.75 Å². The smallest absolute Gasteiger partial charge is 0.257 e. The predicted octanol–water partition coefficient (Wildman–Crippen LogP) is 2.46. The number of hydrogen-bond acceptors (Lipinski definition) is 6. The van der Waals surface area contributed by atoms with E-state index in [-0.39, 0.29) is 41.5 Å². The maximum Gasteiger partial charge on any atom is 0.257 e. The first-order valence-electron chi connectivity index (χ1n) is 10.4. The first kappa shape index (κ1) is 23.2. The Morgan fingerprint density at radius 3 is 2.06 bits per heavy atom. The van der Waals surface area contributed by atoms with E-state index in [1.54, 1.807) is 31.4 Å². The molecule has 8 heteroatoms. The molecule has 0 N–H and O–H groups in total. The summed E-state index contributed by atoms with van der Waals surface area (Å²) in [7, 11) is 4.50. The second kappa shape index (κ2) is 8.24. The van der Waals surface area contributed by atoms with Gasteiger partial charge in [-0.3, -0.25) is 14.4 Å². The minimum atomic E-state index is -0.901. The van der Waals surface area contributed by atoms with E-state index in [0.29, 0.717) is 11.4 Å². The van der Waals surface area contributed by atoms with Crippen LogP contribution in [0.25, 0.3) is 0 Å². The molecule has 8 nitrogen and oxygen atoms in total. The molecule has 1 aliphatic carbocycles. The number of nitrogens with zero attached hydrogens (tertiary/aromatic N) is 2. The zero-order chi connectivity index (χ0) is 23.1. The van der Waals surface area contributed by atoms with Crippen molar-refractivity contribution in [1.29, 1.82) is 0 Å². The van der Waals surface area contributed by atoms with Gasteiger partial charge in [-0.05, 0) is 35.1 Å². The minimum Gasteiger partial charge on any atom is -0.497 e. The molecule has 3 amide bonds. The summed E-state index contributed by atoms with van der Waals surface area (Å²) in [6, 6.07) is 5.79. The maximum atomic E-state index is 13.6. The van der Waals surface area contributed by atoms with E-state index in [2.05, 4.69) is 0 Å². The summed E-state index contributed by atoms with van der Waals surface area (Å²) >= 11 is 0. The third-order valence-corrected chi connectivity index (χ3v) is 7.25. The maximum absolute atomic E-state index is 13.6. The minimum absolute atomic E-state index is 0.0641. The predicted molar refractivity (Wildman–Crippen MR) is 114 cm³/mol. The fraction of sp³-hybridized carbons (Fsp3) is 0.609. The summed E-state index contributed by atoms with van der Waals surface area (Å²) in [4.78, 5) is 42.4. The molecule has 3 rings (SSSR count). The molecule has 31 heavy (non-hydrogen) atoms. The monoisotopic (exact) mass is 432 g/mol. The molecule has 2 fully saturated rings. The third-order valence-electron chi connectivity index (χ3n) is 7.25. The average Bonchev–Trinajstić information content (AvgIpc) is 2.97. The van der Waals surface area contributed by atoms with Crippen molar-refractivity contribution >= 4 is 23.4 Å². The van der Waals surface area contributed by atoms with Gasteiger partial charge in [-0.25, -0.2) is 4.90 Å². The van der Waals surface area contributed by atoms with Gasteiger partial charge >= 0.3 is 0 Å². The second-order valence-electron chi connectivity index (χ2n) is 9.25. The molecule has 1 aromatic rings. The highest BCUT2D eigenvalue weighted by molar-refractivity contribution is 6.23. The van der Waals surface area contributed by atoms with Crippen molar-refractivity contribution in [3.05, 3.63) is 24.3 Å². The molecule has 1 aliphatic heterocycles. The average molecular weight is 433 g/mol. The Hall–Kier alpha value is -2.45. The molecule has 1 aromatic carbocycles. The van der Waals surface area contributed by atoms with Gasteiger partial charge < -0.3 is 19.1 Å². The van der Waals surface area contributed by atoms with Crippen LogP contribution in [0.4, 0.5) is 5.69 Å². The van der Waals surface area contributed by atoms with Crippen LogP contribution in [0.1, 0.15) is 34.1 Å². The summed E-state index contributed by atoms with van der Waals surface area (Å²) in [6.07, 6.45) is -0.781. The highest BCUT2D eigenvalue weighted by Crippen LogP contribution is 2.69. The van der Waals surface area contributed by atoms with Crippen molar-refractivity contribution in [3.63, 3.8) is 0 Å². The number of rotatable bonds is 8. The molecule has 0 bridgehead atoms. The summed E-state index contributed by atoms with van der Waals surface area (Å²) in [5.74, 6) is -0.564. The van der Waals surface area contributed by atoms with Crippen LogP contribution in [0, 0.1) is 16.7 Å². The number of ether oxygens (including phenoxy) is 3. The van der Waals surface area contributed by atoms with Gasteiger partial charge in [0.05, 0.1) is 25.8 Å². The van der Waals surface area contributed by atoms with Crippen LogP contribution in [-0.2, 0) is 23.9 Å². The van der Waals surface area contributed by atoms with Crippen LogP contribution in [0.3, 0.4) is 0 Å². The summed E-state index contributed by atoms with van der Waals surface area (Å²) in [6.45, 7) is 8.24. The third kappa shape index (κ3) is 3.83. The number of anilines is 1. The summed E-state index contributed by atoms with van der Waals surface area (Å²) in [5.41, 5.74) is 0.0336. The Labute approximate surface area is 183 Å². The first-order chi connectivity index (χ1) is 14.5. The SMILES string of the molecule is COc1ccc(N2C(=O)CC(N(CC(OC)OC)C(=O)C3C(C)(C)C3(C)C)C2=O)cc1. The Morgan fingerprint density at radius 2 is 1.61 bits per heavy atom. The molecule has 170 valence electrons.